The molecule has 1 saturated heterocycles. The van der Waals surface area contributed by atoms with E-state index in [1.807, 2.05) is 0 Å². The maximum Gasteiger partial charge on any atom is 0.128 e. The van der Waals surface area contributed by atoms with E-state index in [0.717, 1.165) is 32.3 Å². The van der Waals surface area contributed by atoms with E-state index in [-0.39, 0.29) is 5.82 Å². The van der Waals surface area contributed by atoms with Gasteiger partial charge in [0.05, 0.1) is 12.7 Å². The summed E-state index contributed by atoms with van der Waals surface area (Å²) >= 11 is 5.56. The Hall–Kier alpha value is -1.24. The summed E-state index contributed by atoms with van der Waals surface area (Å²) in [5.41, 5.74) is 0.620. The zero-order valence-electron chi connectivity index (χ0n) is 12.0. The van der Waals surface area contributed by atoms with Crippen molar-refractivity contribution in [3.05, 3.63) is 29.6 Å². The highest BCUT2D eigenvalue weighted by Crippen LogP contribution is 2.19. The van der Waals surface area contributed by atoms with Gasteiger partial charge in [-0.15, -0.1) is 11.6 Å². The zero-order valence-corrected chi connectivity index (χ0v) is 12.8. The van der Waals surface area contributed by atoms with Crippen LogP contribution in [-0.2, 0) is 4.74 Å². The van der Waals surface area contributed by atoms with Crippen molar-refractivity contribution in [2.24, 2.45) is 0 Å². The number of benzene rings is 1. The second-order valence-corrected chi connectivity index (χ2v) is 5.42. The number of alkyl halides is 1. The molecule has 1 atom stereocenters. The van der Waals surface area contributed by atoms with E-state index in [0.29, 0.717) is 36.3 Å². The molecule has 2 rings (SSSR count). The number of hydrogen-bond donors (Lipinski definition) is 0. The summed E-state index contributed by atoms with van der Waals surface area (Å²) in [5.74, 6) is 6.45. The van der Waals surface area contributed by atoms with Gasteiger partial charge in [-0.2, -0.15) is 0 Å². The molecule has 4 heteroatoms. The first-order valence-corrected chi connectivity index (χ1v) is 7.91. The van der Waals surface area contributed by atoms with Gasteiger partial charge in [0.2, 0.25) is 0 Å². The summed E-state index contributed by atoms with van der Waals surface area (Å²) in [6.45, 7) is 1.44. The predicted molar refractivity (Wildman–Crippen MR) is 82.3 cm³/mol. The van der Waals surface area contributed by atoms with Crippen LogP contribution in [0, 0.1) is 17.7 Å². The Morgan fingerprint density at radius 3 is 3.05 bits per heavy atom. The summed E-state index contributed by atoms with van der Waals surface area (Å²) in [6.07, 6.45) is 5.17. The van der Waals surface area contributed by atoms with Crippen LogP contribution < -0.4 is 4.74 Å². The Balaban J connectivity index is 1.80. The smallest absolute Gasteiger partial charge is 0.128 e. The molecule has 0 bridgehead atoms. The van der Waals surface area contributed by atoms with E-state index in [1.54, 1.807) is 6.07 Å². The van der Waals surface area contributed by atoms with Crippen LogP contribution in [-0.4, -0.2) is 25.2 Å². The highest BCUT2D eigenvalue weighted by molar-refractivity contribution is 6.18. The van der Waals surface area contributed by atoms with Crippen LogP contribution in [0.1, 0.15) is 37.7 Å². The minimum Gasteiger partial charge on any atom is -0.493 e. The Morgan fingerprint density at radius 2 is 2.29 bits per heavy atom. The second kappa shape index (κ2) is 8.92. The fourth-order valence-electron chi connectivity index (χ4n) is 2.30. The van der Waals surface area contributed by atoms with Gasteiger partial charge in [-0.25, -0.2) is 4.39 Å². The summed E-state index contributed by atoms with van der Waals surface area (Å²) in [6, 6.07) is 4.55. The van der Waals surface area contributed by atoms with Gasteiger partial charge in [-0.3, -0.25) is 0 Å². The lowest BCUT2D eigenvalue weighted by molar-refractivity contribution is 0.0981. The van der Waals surface area contributed by atoms with Crippen molar-refractivity contribution >= 4 is 11.6 Å². The van der Waals surface area contributed by atoms with Crippen molar-refractivity contribution < 1.29 is 13.9 Å². The average molecular weight is 311 g/mol. The van der Waals surface area contributed by atoms with Crippen LogP contribution in [0.15, 0.2) is 18.2 Å². The van der Waals surface area contributed by atoms with E-state index < -0.39 is 0 Å². The van der Waals surface area contributed by atoms with Crippen LogP contribution in [0.2, 0.25) is 0 Å². The first-order valence-electron chi connectivity index (χ1n) is 7.38. The molecule has 21 heavy (non-hydrogen) atoms. The molecule has 2 nitrogen and oxygen atoms in total. The Bertz CT molecular complexity index is 501. The molecule has 0 aromatic heterocycles. The zero-order chi connectivity index (χ0) is 14.9. The van der Waals surface area contributed by atoms with Gasteiger partial charge in [0.1, 0.15) is 11.6 Å². The topological polar surface area (TPSA) is 18.5 Å². The minimum atomic E-state index is -0.332. The summed E-state index contributed by atoms with van der Waals surface area (Å²) in [5, 5.41) is 0. The normalized spacial score (nSPS) is 17.3. The Kier molecular flexibility index (Phi) is 6.85. The highest BCUT2D eigenvalue weighted by Gasteiger charge is 2.14. The quantitative estimate of drug-likeness (QED) is 0.446. The monoisotopic (exact) mass is 310 g/mol. The van der Waals surface area contributed by atoms with Crippen LogP contribution in [0.3, 0.4) is 0 Å². The predicted octanol–water partition coefficient (Wildman–Crippen LogP) is 4.14. The lowest BCUT2D eigenvalue weighted by Gasteiger charge is -2.10. The van der Waals surface area contributed by atoms with Crippen molar-refractivity contribution in [1.29, 1.82) is 0 Å². The number of hydrogen-bond acceptors (Lipinski definition) is 2. The molecule has 1 aliphatic rings. The van der Waals surface area contributed by atoms with Gasteiger partial charge >= 0.3 is 0 Å². The largest absolute Gasteiger partial charge is 0.493 e. The number of halogens is 2. The Morgan fingerprint density at radius 1 is 1.38 bits per heavy atom. The molecular weight excluding hydrogens is 291 g/mol. The second-order valence-electron chi connectivity index (χ2n) is 5.04. The summed E-state index contributed by atoms with van der Waals surface area (Å²) in [7, 11) is 0. The molecule has 0 saturated carbocycles. The van der Waals surface area contributed by atoms with Gasteiger partial charge in [-0.05, 0) is 37.8 Å². The van der Waals surface area contributed by atoms with Gasteiger partial charge in [-0.1, -0.05) is 11.8 Å². The fourth-order valence-corrected chi connectivity index (χ4v) is 2.40. The average Bonchev–Trinajstić information content (AvgIpc) is 2.97. The van der Waals surface area contributed by atoms with Crippen LogP contribution >= 0.6 is 11.6 Å². The van der Waals surface area contributed by atoms with Crippen LogP contribution in [0.4, 0.5) is 4.39 Å². The van der Waals surface area contributed by atoms with E-state index in [2.05, 4.69) is 11.8 Å². The standard InChI is InChI=1S/C17H20ClFO2/c18-8-2-1-5-14-11-15(19)13-17(12-14)21-10-4-7-16-6-3-9-20-16/h11-13,16H,2-4,6-10H2. The molecule has 0 amide bonds. The summed E-state index contributed by atoms with van der Waals surface area (Å²) < 4.78 is 24.7. The van der Waals surface area contributed by atoms with Crippen molar-refractivity contribution in [2.45, 2.75) is 38.2 Å². The third-order valence-corrected chi connectivity index (χ3v) is 3.48. The molecule has 1 unspecified atom stereocenters. The first-order chi connectivity index (χ1) is 10.3. The summed E-state index contributed by atoms with van der Waals surface area (Å²) in [4.78, 5) is 0. The van der Waals surface area contributed by atoms with E-state index >= 15 is 0 Å². The third-order valence-electron chi connectivity index (χ3n) is 3.29. The van der Waals surface area contributed by atoms with Gasteiger partial charge in [0.15, 0.2) is 0 Å². The maximum atomic E-state index is 13.5. The fraction of sp³-hybridized carbons (Fsp3) is 0.529. The molecule has 1 heterocycles. The molecule has 0 radical (unpaired) electrons. The Labute approximate surface area is 130 Å². The lowest BCUT2D eigenvalue weighted by Crippen LogP contribution is -2.07. The van der Waals surface area contributed by atoms with Gasteiger partial charge < -0.3 is 9.47 Å². The van der Waals surface area contributed by atoms with Crippen molar-refractivity contribution in [1.82, 2.24) is 0 Å². The van der Waals surface area contributed by atoms with Crippen LogP contribution in [0.25, 0.3) is 0 Å². The van der Waals surface area contributed by atoms with Gasteiger partial charge in [0.25, 0.3) is 0 Å². The molecule has 1 fully saturated rings. The van der Waals surface area contributed by atoms with Crippen molar-refractivity contribution in [3.63, 3.8) is 0 Å². The molecule has 1 aromatic carbocycles. The van der Waals surface area contributed by atoms with Crippen LogP contribution in [0.5, 0.6) is 5.75 Å². The van der Waals surface area contributed by atoms with E-state index in [4.69, 9.17) is 21.1 Å². The van der Waals surface area contributed by atoms with E-state index in [9.17, 15) is 4.39 Å². The van der Waals surface area contributed by atoms with E-state index in [1.165, 1.54) is 12.1 Å². The third kappa shape index (κ3) is 5.95. The highest BCUT2D eigenvalue weighted by atomic mass is 35.5. The molecule has 0 aliphatic carbocycles. The molecule has 0 N–H and O–H groups in total. The van der Waals surface area contributed by atoms with Crippen molar-refractivity contribution in [3.8, 4) is 17.6 Å². The number of rotatable bonds is 6. The molecule has 114 valence electrons. The molecule has 1 aromatic rings. The van der Waals surface area contributed by atoms with Crippen molar-refractivity contribution in [2.75, 3.05) is 19.1 Å². The lowest BCUT2D eigenvalue weighted by atomic mass is 10.1. The first kappa shape index (κ1) is 16.1. The number of ether oxygens (including phenoxy) is 2. The molecule has 0 spiro atoms. The molecule has 1 aliphatic heterocycles. The minimum absolute atomic E-state index is 0.332. The molecular formula is C17H20ClFO2. The van der Waals surface area contributed by atoms with Gasteiger partial charge in [0, 0.05) is 30.5 Å². The maximum absolute atomic E-state index is 13.5. The SMILES string of the molecule is Fc1cc(C#CCCCl)cc(OCCCC2CCCO2)c1.